The summed E-state index contributed by atoms with van der Waals surface area (Å²) in [7, 11) is 0. The van der Waals surface area contributed by atoms with Gasteiger partial charge in [-0.15, -0.1) is 0 Å². The highest BCUT2D eigenvalue weighted by molar-refractivity contribution is 9.10. The van der Waals surface area contributed by atoms with Crippen LogP contribution >= 0.6 is 27.7 Å². The second kappa shape index (κ2) is 6.91. The minimum atomic E-state index is -0.369. The van der Waals surface area contributed by atoms with Crippen LogP contribution in [-0.4, -0.2) is 23.6 Å². The van der Waals surface area contributed by atoms with Gasteiger partial charge in [0, 0.05) is 17.0 Å². The van der Waals surface area contributed by atoms with Crippen LogP contribution in [0.4, 0.5) is 0 Å². The number of aliphatic imine (C=N–C) groups is 1. The van der Waals surface area contributed by atoms with Crippen LogP contribution in [0.5, 0.6) is 5.75 Å². The first-order valence-corrected chi connectivity index (χ1v) is 7.83. The summed E-state index contributed by atoms with van der Waals surface area (Å²) in [6.07, 6.45) is 1.71. The van der Waals surface area contributed by atoms with Crippen LogP contribution in [0.2, 0.25) is 0 Å². The number of nitrogens with one attached hydrogen (secondary N) is 1. The van der Waals surface area contributed by atoms with Gasteiger partial charge in [0.1, 0.15) is 5.75 Å². The molecular weight excluding hydrogens is 356 g/mol. The largest absolute Gasteiger partial charge is 0.493 e. The minimum Gasteiger partial charge on any atom is -0.493 e. The summed E-state index contributed by atoms with van der Waals surface area (Å²) >= 11 is 4.53. The van der Waals surface area contributed by atoms with Gasteiger partial charge in [0.2, 0.25) is 5.91 Å². The van der Waals surface area contributed by atoms with Crippen molar-refractivity contribution in [2.24, 2.45) is 4.99 Å². The second-order valence-electron chi connectivity index (χ2n) is 4.13. The van der Waals surface area contributed by atoms with Crippen molar-refractivity contribution in [3.8, 4) is 5.75 Å². The van der Waals surface area contributed by atoms with Crippen molar-refractivity contribution in [3.05, 3.63) is 33.1 Å². The number of hydrogen-bond donors (Lipinski definition) is 1. The summed E-state index contributed by atoms with van der Waals surface area (Å²) < 4.78 is 6.42. The van der Waals surface area contributed by atoms with E-state index in [1.807, 2.05) is 25.1 Å². The lowest BCUT2D eigenvalue weighted by Crippen LogP contribution is -2.23. The van der Waals surface area contributed by atoms with Crippen molar-refractivity contribution in [3.63, 3.8) is 0 Å². The summed E-state index contributed by atoms with van der Waals surface area (Å²) in [4.78, 5) is 27.1. The average Bonchev–Trinajstić information content (AvgIpc) is 2.72. The zero-order valence-electron chi connectivity index (χ0n) is 11.5. The Labute approximate surface area is 135 Å². The molecule has 0 saturated heterocycles. The van der Waals surface area contributed by atoms with Crippen molar-refractivity contribution in [2.45, 2.75) is 13.8 Å². The van der Waals surface area contributed by atoms with E-state index in [9.17, 15) is 9.59 Å². The lowest BCUT2D eigenvalue weighted by atomic mass is 10.2. The van der Waals surface area contributed by atoms with Crippen LogP contribution in [0.15, 0.2) is 32.6 Å². The molecule has 0 atom stereocenters. The van der Waals surface area contributed by atoms with Gasteiger partial charge in [-0.2, -0.15) is 4.99 Å². The maximum absolute atomic E-state index is 11.8. The molecule has 0 aromatic heterocycles. The van der Waals surface area contributed by atoms with Crippen molar-refractivity contribution < 1.29 is 14.3 Å². The number of carbonyl (C=O) groups is 2. The van der Waals surface area contributed by atoms with Crippen molar-refractivity contribution in [1.82, 2.24) is 5.32 Å². The maximum Gasteiger partial charge on any atom is 0.286 e. The van der Waals surface area contributed by atoms with Crippen LogP contribution < -0.4 is 10.1 Å². The fourth-order valence-corrected chi connectivity index (χ4v) is 2.90. The highest BCUT2D eigenvalue weighted by Crippen LogP contribution is 2.31. The normalized spacial score (nSPS) is 16.0. The molecule has 1 aliphatic heterocycles. The van der Waals surface area contributed by atoms with Gasteiger partial charge in [-0.25, -0.2) is 0 Å². The summed E-state index contributed by atoms with van der Waals surface area (Å²) in [5, 5.41) is 2.81. The van der Waals surface area contributed by atoms with E-state index in [2.05, 4.69) is 26.2 Å². The lowest BCUT2D eigenvalue weighted by Gasteiger charge is -2.08. The van der Waals surface area contributed by atoms with Gasteiger partial charge >= 0.3 is 0 Å². The summed E-state index contributed by atoms with van der Waals surface area (Å²) in [6.45, 7) is 3.80. The highest BCUT2D eigenvalue weighted by atomic mass is 79.9. The van der Waals surface area contributed by atoms with E-state index in [0.29, 0.717) is 22.4 Å². The molecule has 1 aromatic rings. The third kappa shape index (κ3) is 4.18. The molecule has 1 heterocycles. The third-order valence-corrected chi connectivity index (χ3v) is 3.85. The number of thioether (sulfide) groups is 1. The number of nitrogens with zero attached hydrogens (tertiary/aromatic N) is 1. The second-order valence-corrected chi connectivity index (χ2v) is 6.08. The predicted molar refractivity (Wildman–Crippen MR) is 87.1 cm³/mol. The van der Waals surface area contributed by atoms with Gasteiger partial charge in [-0.05, 0) is 43.0 Å². The molecule has 5 nitrogen and oxygen atoms in total. The fourth-order valence-electron chi connectivity index (χ4n) is 1.67. The minimum absolute atomic E-state index is 0.257. The molecule has 0 unspecified atom stereocenters. The first kappa shape index (κ1) is 15.8. The Morgan fingerprint density at radius 3 is 2.95 bits per heavy atom. The van der Waals surface area contributed by atoms with E-state index in [1.54, 1.807) is 6.08 Å². The molecule has 1 aromatic carbocycles. The van der Waals surface area contributed by atoms with E-state index in [0.717, 1.165) is 21.8 Å². The summed E-state index contributed by atoms with van der Waals surface area (Å²) in [5.74, 6) is 0.0634. The topological polar surface area (TPSA) is 67.8 Å². The first-order chi connectivity index (χ1) is 9.99. The molecular formula is C14H13BrN2O3S. The Kier molecular flexibility index (Phi) is 5.19. The number of halogens is 1. The Balaban J connectivity index is 2.27. The number of carbonyl (C=O) groups excluding carboxylic acids is 2. The van der Waals surface area contributed by atoms with Crippen molar-refractivity contribution in [1.29, 1.82) is 0 Å². The molecule has 2 amide bonds. The number of amidine groups is 1. The smallest absolute Gasteiger partial charge is 0.286 e. The molecule has 7 heteroatoms. The molecule has 0 saturated carbocycles. The van der Waals surface area contributed by atoms with E-state index >= 15 is 0 Å². The van der Waals surface area contributed by atoms with Crippen LogP contribution in [-0.2, 0) is 9.59 Å². The van der Waals surface area contributed by atoms with Gasteiger partial charge in [-0.1, -0.05) is 15.9 Å². The van der Waals surface area contributed by atoms with Gasteiger partial charge in [0.25, 0.3) is 5.91 Å². The van der Waals surface area contributed by atoms with Crippen molar-refractivity contribution in [2.75, 3.05) is 6.61 Å². The van der Waals surface area contributed by atoms with Crippen LogP contribution in [0, 0.1) is 0 Å². The maximum atomic E-state index is 11.8. The van der Waals surface area contributed by atoms with E-state index in [4.69, 9.17) is 4.74 Å². The van der Waals surface area contributed by atoms with E-state index in [1.165, 1.54) is 6.92 Å². The Morgan fingerprint density at radius 2 is 2.29 bits per heavy atom. The standard InChI is InChI=1S/C14H13BrN2O3S/c1-3-20-11-5-4-10(15)6-9(11)7-12-13(19)17-14(21-12)16-8(2)18/h4-7H,3H2,1-2H3,(H,16,17,18,19). The number of amides is 2. The fraction of sp³-hybridized carbons (Fsp3) is 0.214. The lowest BCUT2D eigenvalue weighted by molar-refractivity contribution is -0.117. The Morgan fingerprint density at radius 1 is 1.52 bits per heavy atom. The molecule has 1 N–H and O–H groups in total. The molecule has 0 fully saturated rings. The van der Waals surface area contributed by atoms with E-state index in [-0.39, 0.29) is 11.8 Å². The molecule has 0 spiro atoms. The van der Waals surface area contributed by atoms with E-state index < -0.39 is 0 Å². The molecule has 110 valence electrons. The highest BCUT2D eigenvalue weighted by Gasteiger charge is 2.23. The van der Waals surface area contributed by atoms with Gasteiger partial charge in [0.05, 0.1) is 11.5 Å². The molecule has 0 bridgehead atoms. The summed E-state index contributed by atoms with van der Waals surface area (Å²) in [6, 6.07) is 5.57. The zero-order chi connectivity index (χ0) is 15.4. The molecule has 0 aliphatic carbocycles. The zero-order valence-corrected chi connectivity index (χ0v) is 13.9. The van der Waals surface area contributed by atoms with Gasteiger partial charge in [0.15, 0.2) is 5.17 Å². The van der Waals surface area contributed by atoms with Crippen LogP contribution in [0.25, 0.3) is 6.08 Å². The van der Waals surface area contributed by atoms with Crippen LogP contribution in [0.1, 0.15) is 19.4 Å². The quantitative estimate of drug-likeness (QED) is 0.832. The Hall–Kier alpha value is -1.60. The molecule has 21 heavy (non-hydrogen) atoms. The number of hydrogen-bond acceptors (Lipinski definition) is 4. The molecule has 0 radical (unpaired) electrons. The number of rotatable bonds is 3. The van der Waals surface area contributed by atoms with Gasteiger partial charge < -0.3 is 10.1 Å². The monoisotopic (exact) mass is 368 g/mol. The van der Waals surface area contributed by atoms with Gasteiger partial charge in [-0.3, -0.25) is 9.59 Å². The average molecular weight is 369 g/mol. The third-order valence-electron chi connectivity index (χ3n) is 2.46. The number of ether oxygens (including phenoxy) is 1. The first-order valence-electron chi connectivity index (χ1n) is 6.22. The number of benzene rings is 1. The molecule has 1 aliphatic rings. The summed E-state index contributed by atoms with van der Waals surface area (Å²) in [5.41, 5.74) is 0.779. The predicted octanol–water partition coefficient (Wildman–Crippen LogP) is 2.95. The van der Waals surface area contributed by atoms with Crippen molar-refractivity contribution >= 4 is 50.7 Å². The Bertz CT molecular complexity index is 656. The van der Waals surface area contributed by atoms with Crippen LogP contribution in [0.3, 0.4) is 0 Å². The SMILES string of the molecule is CCOc1ccc(Br)cc1C=C1SC(NC(C)=O)=NC1=O. The molecule has 2 rings (SSSR count).